The van der Waals surface area contributed by atoms with E-state index in [4.69, 9.17) is 4.52 Å². The van der Waals surface area contributed by atoms with E-state index in [1.807, 2.05) is 31.2 Å². The smallest absolute Gasteiger partial charge is 0.263 e. The zero-order chi connectivity index (χ0) is 20.8. The van der Waals surface area contributed by atoms with E-state index >= 15 is 0 Å². The Bertz CT molecular complexity index is 1180. The summed E-state index contributed by atoms with van der Waals surface area (Å²) in [4.78, 5) is 30.9. The quantitative estimate of drug-likeness (QED) is 0.617. The number of imide groups is 1. The molecule has 1 fully saturated rings. The maximum atomic E-state index is 13.6. The maximum absolute atomic E-state index is 13.6. The topological polar surface area (TPSA) is 104 Å². The van der Waals surface area contributed by atoms with Crippen LogP contribution in [0, 0.1) is 12.7 Å². The van der Waals surface area contributed by atoms with Crippen molar-refractivity contribution in [1.82, 2.24) is 15.1 Å². The van der Waals surface area contributed by atoms with E-state index in [0.29, 0.717) is 5.82 Å². The Morgan fingerprint density at radius 1 is 1.10 bits per heavy atom. The number of anilines is 1. The summed E-state index contributed by atoms with van der Waals surface area (Å²) in [6, 6.07) is 11.0. The molecule has 0 N–H and O–H groups in total. The van der Waals surface area contributed by atoms with E-state index < -0.39 is 29.7 Å². The number of aryl methyl sites for hydroxylation is 1. The number of hydrogen-bond donors (Lipinski definition) is 0. The Labute approximate surface area is 169 Å². The third-order valence-corrected chi connectivity index (χ3v) is 5.00. The van der Waals surface area contributed by atoms with Gasteiger partial charge in [0.1, 0.15) is 12.4 Å². The van der Waals surface area contributed by atoms with Gasteiger partial charge in [0.05, 0.1) is 5.69 Å². The van der Waals surface area contributed by atoms with Gasteiger partial charge in [-0.1, -0.05) is 46.3 Å². The van der Waals surface area contributed by atoms with Gasteiger partial charge in [-0.05, 0) is 25.1 Å². The van der Waals surface area contributed by atoms with Crippen molar-refractivity contribution in [3.63, 3.8) is 0 Å². The molecule has 2 aromatic carbocycles. The number of aromatic nitrogens is 2. The summed E-state index contributed by atoms with van der Waals surface area (Å²) in [6.45, 7) is 1.99. The van der Waals surface area contributed by atoms with Crippen LogP contribution in [0.25, 0.3) is 11.4 Å². The first-order valence-corrected chi connectivity index (χ1v) is 9.22. The van der Waals surface area contributed by atoms with Gasteiger partial charge in [-0.25, -0.2) is 9.29 Å². The largest absolute Gasteiger partial charge is 0.337 e. The number of hydrogen-bond acceptors (Lipinski definition) is 8. The Morgan fingerprint density at radius 3 is 2.67 bits per heavy atom. The SMILES string of the molecule is Cc1ccc(-c2noc(CN3N=N[C@H]4C(=O)N(c5cccc(F)c5)C(=O)[C@H]43)n2)cc1. The highest BCUT2D eigenvalue weighted by Crippen LogP contribution is 2.33. The highest BCUT2D eigenvalue weighted by Gasteiger charge is 2.55. The van der Waals surface area contributed by atoms with Crippen molar-refractivity contribution in [1.29, 1.82) is 0 Å². The van der Waals surface area contributed by atoms with Crippen LogP contribution in [0.1, 0.15) is 11.5 Å². The Morgan fingerprint density at radius 2 is 1.90 bits per heavy atom. The van der Waals surface area contributed by atoms with E-state index in [1.165, 1.54) is 23.2 Å². The molecule has 2 amide bonds. The second-order valence-corrected chi connectivity index (χ2v) is 7.06. The summed E-state index contributed by atoms with van der Waals surface area (Å²) in [6.07, 6.45) is 0. The van der Waals surface area contributed by atoms with Gasteiger partial charge in [-0.15, -0.1) is 0 Å². The monoisotopic (exact) mass is 406 g/mol. The highest BCUT2D eigenvalue weighted by atomic mass is 19.1. The van der Waals surface area contributed by atoms with Crippen molar-refractivity contribution >= 4 is 17.5 Å². The van der Waals surface area contributed by atoms with Crippen LogP contribution in [0.15, 0.2) is 63.4 Å². The normalized spacial score (nSPS) is 20.3. The molecule has 0 spiro atoms. The molecule has 0 aliphatic carbocycles. The van der Waals surface area contributed by atoms with Crippen molar-refractivity contribution in [2.24, 2.45) is 10.3 Å². The molecule has 1 saturated heterocycles. The maximum Gasteiger partial charge on any atom is 0.263 e. The molecule has 2 aliphatic rings. The zero-order valence-corrected chi connectivity index (χ0v) is 15.8. The van der Waals surface area contributed by atoms with Crippen LogP contribution in [0.3, 0.4) is 0 Å². The molecule has 0 saturated carbocycles. The van der Waals surface area contributed by atoms with Crippen molar-refractivity contribution in [3.05, 3.63) is 65.8 Å². The van der Waals surface area contributed by atoms with Crippen molar-refractivity contribution < 1.29 is 18.5 Å². The summed E-state index contributed by atoms with van der Waals surface area (Å²) >= 11 is 0. The van der Waals surface area contributed by atoms with Gasteiger partial charge >= 0.3 is 0 Å². The fraction of sp³-hybridized carbons (Fsp3) is 0.200. The van der Waals surface area contributed by atoms with E-state index in [-0.39, 0.29) is 18.1 Å². The van der Waals surface area contributed by atoms with Crippen LogP contribution >= 0.6 is 0 Å². The van der Waals surface area contributed by atoms with Crippen LogP contribution in [0.4, 0.5) is 10.1 Å². The second kappa shape index (κ2) is 6.83. The summed E-state index contributed by atoms with van der Waals surface area (Å²) in [7, 11) is 0. The zero-order valence-electron chi connectivity index (χ0n) is 15.8. The highest BCUT2D eigenvalue weighted by molar-refractivity contribution is 6.25. The van der Waals surface area contributed by atoms with Crippen molar-refractivity contribution in [2.45, 2.75) is 25.6 Å². The number of carbonyl (C=O) groups excluding carboxylic acids is 2. The lowest BCUT2D eigenvalue weighted by Gasteiger charge is -2.19. The molecule has 30 heavy (non-hydrogen) atoms. The van der Waals surface area contributed by atoms with Crippen molar-refractivity contribution in [2.75, 3.05) is 4.90 Å². The molecule has 3 aromatic rings. The third kappa shape index (κ3) is 2.93. The molecule has 0 bridgehead atoms. The summed E-state index contributed by atoms with van der Waals surface area (Å²) < 4.78 is 18.8. The van der Waals surface area contributed by atoms with Crippen LogP contribution in [-0.2, 0) is 16.1 Å². The standard InChI is InChI=1S/C20H15FN6O3/c1-11-5-7-12(8-6-11)18-22-15(30-24-18)10-26-17-16(23-25-26)19(28)27(20(17)29)14-4-2-3-13(21)9-14/h2-9,16-17H,10H2,1H3/t16-,17+/m1/s1. The first-order valence-electron chi connectivity index (χ1n) is 9.22. The fourth-order valence-corrected chi connectivity index (χ4v) is 3.50. The predicted octanol–water partition coefficient (Wildman–Crippen LogP) is 2.68. The minimum Gasteiger partial charge on any atom is -0.337 e. The average Bonchev–Trinajstić information content (AvgIpc) is 3.41. The first-order chi connectivity index (χ1) is 14.5. The van der Waals surface area contributed by atoms with Crippen LogP contribution in [-0.4, -0.2) is 39.0 Å². The number of nitrogens with zero attached hydrogens (tertiary/aromatic N) is 6. The summed E-state index contributed by atoms with van der Waals surface area (Å²) in [5.41, 5.74) is 2.06. The van der Waals surface area contributed by atoms with Gasteiger partial charge in [-0.2, -0.15) is 10.1 Å². The number of benzene rings is 2. The van der Waals surface area contributed by atoms with E-state index in [9.17, 15) is 14.0 Å². The molecule has 0 unspecified atom stereocenters. The van der Waals surface area contributed by atoms with E-state index in [1.54, 1.807) is 0 Å². The van der Waals surface area contributed by atoms with Crippen LogP contribution in [0.5, 0.6) is 0 Å². The third-order valence-electron chi connectivity index (χ3n) is 5.00. The lowest BCUT2D eigenvalue weighted by molar-refractivity contribution is -0.123. The average molecular weight is 406 g/mol. The Hall–Kier alpha value is -3.95. The fourth-order valence-electron chi connectivity index (χ4n) is 3.50. The van der Waals surface area contributed by atoms with Gasteiger partial charge in [0.2, 0.25) is 11.7 Å². The molecule has 9 nitrogen and oxygen atoms in total. The molecule has 5 rings (SSSR count). The van der Waals surface area contributed by atoms with E-state index in [0.717, 1.165) is 22.1 Å². The molecular weight excluding hydrogens is 391 g/mol. The van der Waals surface area contributed by atoms with Crippen molar-refractivity contribution in [3.8, 4) is 11.4 Å². The van der Waals surface area contributed by atoms with Gasteiger partial charge in [0, 0.05) is 5.56 Å². The number of carbonyl (C=O) groups is 2. The van der Waals surface area contributed by atoms with Gasteiger partial charge in [0.25, 0.3) is 11.8 Å². The number of fused-ring (bicyclic) bond motifs is 1. The van der Waals surface area contributed by atoms with Gasteiger partial charge < -0.3 is 4.52 Å². The molecule has 0 radical (unpaired) electrons. The number of amides is 2. The number of halogens is 1. The molecule has 2 atom stereocenters. The molecular formula is C20H15FN6O3. The Kier molecular flexibility index (Phi) is 4.12. The predicted molar refractivity (Wildman–Crippen MR) is 101 cm³/mol. The minimum absolute atomic E-state index is 0.0134. The lowest BCUT2D eigenvalue weighted by Crippen LogP contribution is -2.39. The molecule has 10 heteroatoms. The summed E-state index contributed by atoms with van der Waals surface area (Å²) in [5.74, 6) is -0.979. The van der Waals surface area contributed by atoms with Crippen LogP contribution < -0.4 is 4.90 Å². The second-order valence-electron chi connectivity index (χ2n) is 7.06. The molecule has 2 aliphatic heterocycles. The van der Waals surface area contributed by atoms with E-state index in [2.05, 4.69) is 20.5 Å². The molecule has 3 heterocycles. The van der Waals surface area contributed by atoms with Gasteiger partial charge in [-0.3, -0.25) is 14.6 Å². The molecule has 150 valence electrons. The summed E-state index contributed by atoms with van der Waals surface area (Å²) in [5, 5.41) is 13.2. The molecule has 1 aromatic heterocycles. The number of rotatable bonds is 4. The minimum atomic E-state index is -0.986. The van der Waals surface area contributed by atoms with Crippen LogP contribution in [0.2, 0.25) is 0 Å². The lowest BCUT2D eigenvalue weighted by atomic mass is 10.1. The van der Waals surface area contributed by atoms with Gasteiger partial charge in [0.15, 0.2) is 12.1 Å². The Balaban J connectivity index is 1.36. The first kappa shape index (κ1) is 18.1.